The fraction of sp³-hybridized carbons (Fsp3) is 0.400. The Morgan fingerprint density at radius 2 is 1.89 bits per heavy atom. The average molecular weight is 247 g/mol. The lowest BCUT2D eigenvalue weighted by Gasteiger charge is -2.30. The van der Waals surface area contributed by atoms with Crippen LogP contribution in [0.3, 0.4) is 0 Å². The maximum absolute atomic E-state index is 12.3. The SMILES string of the molecule is C/C=C/OC(C(C)C)N(C)C(=O)c1ccccc1. The summed E-state index contributed by atoms with van der Waals surface area (Å²) < 4.78 is 5.58. The van der Waals surface area contributed by atoms with Crippen molar-refractivity contribution in [3.63, 3.8) is 0 Å². The van der Waals surface area contributed by atoms with E-state index in [-0.39, 0.29) is 18.1 Å². The van der Waals surface area contributed by atoms with E-state index in [0.29, 0.717) is 5.56 Å². The van der Waals surface area contributed by atoms with Crippen LogP contribution in [0.15, 0.2) is 42.7 Å². The van der Waals surface area contributed by atoms with Gasteiger partial charge in [0.05, 0.1) is 6.26 Å². The van der Waals surface area contributed by atoms with E-state index >= 15 is 0 Å². The van der Waals surface area contributed by atoms with Gasteiger partial charge in [-0.1, -0.05) is 38.1 Å². The van der Waals surface area contributed by atoms with Crippen molar-refractivity contribution in [1.29, 1.82) is 0 Å². The molecule has 1 atom stereocenters. The Bertz CT molecular complexity index is 398. The number of nitrogens with zero attached hydrogens (tertiary/aromatic N) is 1. The Morgan fingerprint density at radius 1 is 1.28 bits per heavy atom. The monoisotopic (exact) mass is 247 g/mol. The number of rotatable bonds is 5. The summed E-state index contributed by atoms with van der Waals surface area (Å²) in [6, 6.07) is 9.24. The molecule has 3 heteroatoms. The van der Waals surface area contributed by atoms with Gasteiger partial charge >= 0.3 is 0 Å². The molecule has 0 radical (unpaired) electrons. The van der Waals surface area contributed by atoms with Crippen molar-refractivity contribution in [3.05, 3.63) is 48.2 Å². The van der Waals surface area contributed by atoms with Gasteiger partial charge in [0.15, 0.2) is 6.23 Å². The zero-order valence-electron chi connectivity index (χ0n) is 11.5. The molecule has 0 aliphatic carbocycles. The van der Waals surface area contributed by atoms with Gasteiger partial charge in [-0.3, -0.25) is 4.79 Å². The van der Waals surface area contributed by atoms with E-state index in [1.165, 1.54) is 0 Å². The molecule has 0 fully saturated rings. The quantitative estimate of drug-likeness (QED) is 0.590. The molecule has 0 spiro atoms. The highest BCUT2D eigenvalue weighted by Crippen LogP contribution is 2.14. The lowest BCUT2D eigenvalue weighted by molar-refractivity contribution is -0.0154. The van der Waals surface area contributed by atoms with Gasteiger partial charge < -0.3 is 9.64 Å². The summed E-state index contributed by atoms with van der Waals surface area (Å²) in [5, 5.41) is 0. The molecule has 0 bridgehead atoms. The van der Waals surface area contributed by atoms with Crippen LogP contribution in [0.1, 0.15) is 31.1 Å². The molecule has 1 amide bonds. The third-order valence-electron chi connectivity index (χ3n) is 2.65. The van der Waals surface area contributed by atoms with Crippen LogP contribution in [-0.4, -0.2) is 24.1 Å². The minimum Gasteiger partial charge on any atom is -0.478 e. The van der Waals surface area contributed by atoms with E-state index in [9.17, 15) is 4.79 Å². The molecule has 0 heterocycles. The molecule has 3 nitrogen and oxygen atoms in total. The highest BCUT2D eigenvalue weighted by Gasteiger charge is 2.24. The molecule has 0 saturated carbocycles. The van der Waals surface area contributed by atoms with Gasteiger partial charge in [-0.15, -0.1) is 0 Å². The van der Waals surface area contributed by atoms with Crippen molar-refractivity contribution < 1.29 is 9.53 Å². The van der Waals surface area contributed by atoms with E-state index in [0.717, 1.165) is 0 Å². The topological polar surface area (TPSA) is 29.5 Å². The third-order valence-corrected chi connectivity index (χ3v) is 2.65. The van der Waals surface area contributed by atoms with E-state index in [1.54, 1.807) is 18.2 Å². The number of carbonyl (C=O) groups excluding carboxylic acids is 1. The van der Waals surface area contributed by atoms with E-state index in [1.807, 2.05) is 57.2 Å². The Kier molecular flexibility index (Phi) is 5.43. The molecule has 0 aromatic heterocycles. The van der Waals surface area contributed by atoms with E-state index in [2.05, 4.69) is 0 Å². The van der Waals surface area contributed by atoms with Crippen LogP contribution in [-0.2, 0) is 4.74 Å². The summed E-state index contributed by atoms with van der Waals surface area (Å²) in [5.41, 5.74) is 0.676. The molecule has 1 aromatic rings. The first-order valence-electron chi connectivity index (χ1n) is 6.16. The third kappa shape index (κ3) is 3.62. The molecule has 0 aliphatic heterocycles. The van der Waals surface area contributed by atoms with E-state index < -0.39 is 0 Å². The zero-order valence-corrected chi connectivity index (χ0v) is 11.5. The van der Waals surface area contributed by atoms with Crippen LogP contribution in [0.25, 0.3) is 0 Å². The first-order valence-corrected chi connectivity index (χ1v) is 6.16. The number of benzene rings is 1. The van der Waals surface area contributed by atoms with E-state index in [4.69, 9.17) is 4.74 Å². The normalized spacial score (nSPS) is 12.7. The largest absolute Gasteiger partial charge is 0.478 e. The lowest BCUT2D eigenvalue weighted by Crippen LogP contribution is -2.41. The van der Waals surface area contributed by atoms with Gasteiger partial charge in [0.2, 0.25) is 0 Å². The van der Waals surface area contributed by atoms with Crippen molar-refractivity contribution in [2.45, 2.75) is 27.0 Å². The number of allylic oxidation sites excluding steroid dienone is 1. The first kappa shape index (κ1) is 14.3. The van der Waals surface area contributed by atoms with Crippen LogP contribution < -0.4 is 0 Å². The molecular formula is C15H21NO2. The molecule has 0 N–H and O–H groups in total. The van der Waals surface area contributed by atoms with Crippen molar-refractivity contribution in [1.82, 2.24) is 4.90 Å². The maximum Gasteiger partial charge on any atom is 0.256 e. The molecule has 0 aliphatic rings. The van der Waals surface area contributed by atoms with Gasteiger partial charge in [0.1, 0.15) is 0 Å². The van der Waals surface area contributed by atoms with Gasteiger partial charge in [-0.2, -0.15) is 0 Å². The van der Waals surface area contributed by atoms with Crippen molar-refractivity contribution in [2.75, 3.05) is 7.05 Å². The fourth-order valence-corrected chi connectivity index (χ4v) is 1.75. The van der Waals surface area contributed by atoms with Crippen molar-refractivity contribution >= 4 is 5.91 Å². The summed E-state index contributed by atoms with van der Waals surface area (Å²) in [6.07, 6.45) is 3.18. The first-order chi connectivity index (χ1) is 8.57. The summed E-state index contributed by atoms with van der Waals surface area (Å²) >= 11 is 0. The summed E-state index contributed by atoms with van der Waals surface area (Å²) in [7, 11) is 1.77. The highest BCUT2D eigenvalue weighted by atomic mass is 16.5. The molecular weight excluding hydrogens is 226 g/mol. The second kappa shape index (κ2) is 6.84. The molecule has 0 saturated heterocycles. The predicted octanol–water partition coefficient (Wildman–Crippen LogP) is 3.29. The second-order valence-corrected chi connectivity index (χ2v) is 4.52. The van der Waals surface area contributed by atoms with Crippen LogP contribution in [0, 0.1) is 5.92 Å². The second-order valence-electron chi connectivity index (χ2n) is 4.52. The minimum atomic E-state index is -0.256. The van der Waals surface area contributed by atoms with Crippen LogP contribution >= 0.6 is 0 Å². The summed E-state index contributed by atoms with van der Waals surface area (Å²) in [5.74, 6) is 0.192. The van der Waals surface area contributed by atoms with Crippen molar-refractivity contribution in [3.8, 4) is 0 Å². The molecule has 18 heavy (non-hydrogen) atoms. The Balaban J connectivity index is 2.83. The highest BCUT2D eigenvalue weighted by molar-refractivity contribution is 5.94. The number of carbonyl (C=O) groups is 1. The van der Waals surface area contributed by atoms with Crippen LogP contribution in [0.5, 0.6) is 0 Å². The summed E-state index contributed by atoms with van der Waals surface area (Å²) in [4.78, 5) is 13.9. The number of amides is 1. The molecule has 1 rings (SSSR count). The maximum atomic E-state index is 12.3. The van der Waals surface area contributed by atoms with Crippen molar-refractivity contribution in [2.24, 2.45) is 5.92 Å². The fourth-order valence-electron chi connectivity index (χ4n) is 1.75. The predicted molar refractivity (Wildman–Crippen MR) is 73.1 cm³/mol. The molecule has 1 aromatic carbocycles. The van der Waals surface area contributed by atoms with Gasteiger partial charge in [-0.05, 0) is 19.1 Å². The van der Waals surface area contributed by atoms with Gasteiger partial charge in [0.25, 0.3) is 5.91 Å². The Labute approximate surface area is 109 Å². The smallest absolute Gasteiger partial charge is 0.256 e. The summed E-state index contributed by atoms with van der Waals surface area (Å²) in [6.45, 7) is 5.95. The zero-order chi connectivity index (χ0) is 13.5. The lowest BCUT2D eigenvalue weighted by atomic mass is 10.1. The Hall–Kier alpha value is -1.77. The standard InChI is InChI=1S/C15H21NO2/c1-5-11-18-15(12(2)3)16(4)14(17)13-9-7-6-8-10-13/h5-12,15H,1-4H3/b11-5+. The minimum absolute atomic E-state index is 0.0289. The van der Waals surface area contributed by atoms with Gasteiger partial charge in [0, 0.05) is 18.5 Å². The molecule has 1 unspecified atom stereocenters. The van der Waals surface area contributed by atoms with Crippen LogP contribution in [0.2, 0.25) is 0 Å². The number of hydrogen-bond donors (Lipinski definition) is 0. The average Bonchev–Trinajstić information content (AvgIpc) is 2.38. The molecule has 98 valence electrons. The van der Waals surface area contributed by atoms with Gasteiger partial charge in [-0.25, -0.2) is 0 Å². The number of hydrogen-bond acceptors (Lipinski definition) is 2. The number of ether oxygens (including phenoxy) is 1. The Morgan fingerprint density at radius 3 is 2.39 bits per heavy atom. The van der Waals surface area contributed by atoms with Crippen LogP contribution in [0.4, 0.5) is 0 Å².